The number of halogens is 2. The van der Waals surface area contributed by atoms with E-state index in [1.807, 2.05) is 0 Å². The third-order valence-electron chi connectivity index (χ3n) is 4.05. The number of benzene rings is 1. The van der Waals surface area contributed by atoms with Gasteiger partial charge in [-0.15, -0.1) is 0 Å². The number of rotatable bonds is 5. The van der Waals surface area contributed by atoms with Gasteiger partial charge in [0, 0.05) is 30.7 Å². The van der Waals surface area contributed by atoms with Crippen LogP contribution in [0.2, 0.25) is 5.02 Å². The first-order chi connectivity index (χ1) is 12.8. The van der Waals surface area contributed by atoms with Crippen LogP contribution in [0.1, 0.15) is 23.2 Å². The minimum Gasteiger partial charge on any atom is -0.381 e. The summed E-state index contributed by atoms with van der Waals surface area (Å²) >= 11 is 5.69. The lowest BCUT2D eigenvalue weighted by Gasteiger charge is -2.22. The predicted octanol–water partition coefficient (Wildman–Crippen LogP) is 3.05. The van der Waals surface area contributed by atoms with Gasteiger partial charge in [-0.05, 0) is 43.2 Å². The van der Waals surface area contributed by atoms with Crippen molar-refractivity contribution in [2.24, 2.45) is 0 Å². The Hall–Kier alpha value is -2.23. The Morgan fingerprint density at radius 2 is 1.96 bits per heavy atom. The van der Waals surface area contributed by atoms with Crippen molar-refractivity contribution in [3.8, 4) is 0 Å². The third kappa shape index (κ3) is 4.94. The fraction of sp³-hybridized carbons (Fsp3) is 0.294. The lowest BCUT2D eigenvalue weighted by atomic mass is 10.2. The summed E-state index contributed by atoms with van der Waals surface area (Å²) in [5, 5.41) is 1.89. The first kappa shape index (κ1) is 19.5. The van der Waals surface area contributed by atoms with Gasteiger partial charge in [-0.1, -0.05) is 11.6 Å². The molecule has 10 heteroatoms. The molecule has 0 saturated carbocycles. The van der Waals surface area contributed by atoms with Crippen molar-refractivity contribution < 1.29 is 22.3 Å². The molecule has 0 spiro atoms. The van der Waals surface area contributed by atoms with Crippen LogP contribution in [0.3, 0.4) is 0 Å². The van der Waals surface area contributed by atoms with E-state index in [9.17, 15) is 17.6 Å². The SMILES string of the molecule is O=C(Nc1ccc(F)c(Cl)c1)c1ccnc(NS(=O)(=O)C2CCOCC2)c1. The van der Waals surface area contributed by atoms with Crippen LogP contribution in [-0.2, 0) is 14.8 Å². The zero-order chi connectivity index (χ0) is 19.4. The van der Waals surface area contributed by atoms with E-state index >= 15 is 0 Å². The van der Waals surface area contributed by atoms with Gasteiger partial charge in [0.2, 0.25) is 10.0 Å². The first-order valence-electron chi connectivity index (χ1n) is 8.17. The van der Waals surface area contributed by atoms with Gasteiger partial charge < -0.3 is 10.1 Å². The highest BCUT2D eigenvalue weighted by Crippen LogP contribution is 2.21. The number of anilines is 2. The van der Waals surface area contributed by atoms with E-state index in [1.165, 1.54) is 30.5 Å². The molecule has 3 rings (SSSR count). The summed E-state index contributed by atoms with van der Waals surface area (Å²) in [6.45, 7) is 0.781. The van der Waals surface area contributed by atoms with Gasteiger partial charge in [0.15, 0.2) is 0 Å². The molecule has 2 N–H and O–H groups in total. The number of carbonyl (C=O) groups excluding carboxylic acids is 1. The molecule has 1 aliphatic heterocycles. The second-order valence-corrected chi connectivity index (χ2v) is 8.34. The van der Waals surface area contributed by atoms with Gasteiger partial charge in [0.05, 0.1) is 10.3 Å². The van der Waals surface area contributed by atoms with E-state index in [0.29, 0.717) is 31.7 Å². The Balaban J connectivity index is 1.72. The maximum Gasteiger partial charge on any atom is 0.255 e. The van der Waals surface area contributed by atoms with Gasteiger partial charge in [-0.2, -0.15) is 0 Å². The van der Waals surface area contributed by atoms with E-state index in [1.54, 1.807) is 0 Å². The molecule has 2 heterocycles. The van der Waals surface area contributed by atoms with Crippen LogP contribution >= 0.6 is 11.6 Å². The van der Waals surface area contributed by atoms with Gasteiger partial charge >= 0.3 is 0 Å². The van der Waals surface area contributed by atoms with Crippen molar-refractivity contribution in [3.05, 3.63) is 52.9 Å². The number of nitrogens with one attached hydrogen (secondary N) is 2. The minimum absolute atomic E-state index is 0.0475. The smallest absolute Gasteiger partial charge is 0.255 e. The average molecular weight is 414 g/mol. The summed E-state index contributed by atoms with van der Waals surface area (Å²) in [7, 11) is -3.63. The lowest BCUT2D eigenvalue weighted by molar-refractivity contribution is 0.0984. The number of carbonyl (C=O) groups is 1. The molecule has 1 amide bonds. The Kier molecular flexibility index (Phi) is 5.93. The Bertz CT molecular complexity index is 949. The van der Waals surface area contributed by atoms with Crippen LogP contribution < -0.4 is 10.0 Å². The highest BCUT2D eigenvalue weighted by atomic mass is 35.5. The molecule has 27 heavy (non-hydrogen) atoms. The van der Waals surface area contributed by atoms with Gasteiger partial charge in [0.1, 0.15) is 11.6 Å². The van der Waals surface area contributed by atoms with E-state index in [4.69, 9.17) is 16.3 Å². The van der Waals surface area contributed by atoms with Crippen LogP contribution in [0.15, 0.2) is 36.5 Å². The largest absolute Gasteiger partial charge is 0.381 e. The topological polar surface area (TPSA) is 97.4 Å². The Morgan fingerprint density at radius 3 is 2.67 bits per heavy atom. The second kappa shape index (κ2) is 8.20. The number of hydrogen-bond acceptors (Lipinski definition) is 5. The molecule has 0 aliphatic carbocycles. The van der Waals surface area contributed by atoms with Crippen molar-refractivity contribution in [1.29, 1.82) is 0 Å². The molecule has 1 saturated heterocycles. The van der Waals surface area contributed by atoms with Crippen LogP contribution in [0.4, 0.5) is 15.9 Å². The highest BCUT2D eigenvalue weighted by Gasteiger charge is 2.28. The molecule has 0 unspecified atom stereocenters. The number of ether oxygens (including phenoxy) is 1. The van der Waals surface area contributed by atoms with Crippen molar-refractivity contribution in [2.45, 2.75) is 18.1 Å². The average Bonchev–Trinajstić information content (AvgIpc) is 2.65. The predicted molar refractivity (Wildman–Crippen MR) is 100.0 cm³/mol. The summed E-state index contributed by atoms with van der Waals surface area (Å²) in [5.74, 6) is -1.05. The molecule has 144 valence electrons. The molecule has 1 fully saturated rings. The van der Waals surface area contributed by atoms with Crippen LogP contribution in [0, 0.1) is 5.82 Å². The van der Waals surface area contributed by atoms with Crippen molar-refractivity contribution in [1.82, 2.24) is 4.98 Å². The first-order valence-corrected chi connectivity index (χ1v) is 10.1. The molecule has 0 radical (unpaired) electrons. The quantitative estimate of drug-likeness (QED) is 0.785. The number of aromatic nitrogens is 1. The molecule has 1 aromatic heterocycles. The molecule has 0 atom stereocenters. The van der Waals surface area contributed by atoms with E-state index < -0.39 is 27.0 Å². The number of nitrogens with zero attached hydrogens (tertiary/aromatic N) is 1. The maximum atomic E-state index is 13.2. The van der Waals surface area contributed by atoms with Crippen LogP contribution in [0.5, 0.6) is 0 Å². The monoisotopic (exact) mass is 413 g/mol. The van der Waals surface area contributed by atoms with Crippen LogP contribution in [0.25, 0.3) is 0 Å². The normalized spacial score (nSPS) is 15.3. The van der Waals surface area contributed by atoms with E-state index in [2.05, 4.69) is 15.0 Å². The van der Waals surface area contributed by atoms with Crippen molar-refractivity contribution >= 4 is 39.0 Å². The zero-order valence-electron chi connectivity index (χ0n) is 14.1. The van der Waals surface area contributed by atoms with Crippen molar-refractivity contribution in [3.63, 3.8) is 0 Å². The summed E-state index contributed by atoms with van der Waals surface area (Å²) in [6, 6.07) is 6.56. The zero-order valence-corrected chi connectivity index (χ0v) is 15.7. The van der Waals surface area contributed by atoms with Crippen LogP contribution in [-0.4, -0.2) is 37.8 Å². The third-order valence-corrected chi connectivity index (χ3v) is 6.19. The second-order valence-electron chi connectivity index (χ2n) is 5.97. The number of hydrogen-bond donors (Lipinski definition) is 2. The summed E-state index contributed by atoms with van der Waals surface area (Å²) in [6.07, 6.45) is 2.13. The van der Waals surface area contributed by atoms with Crippen molar-refractivity contribution in [2.75, 3.05) is 23.3 Å². The molecule has 2 aromatic rings. The number of amides is 1. The summed E-state index contributed by atoms with van der Waals surface area (Å²) in [4.78, 5) is 16.3. The highest BCUT2D eigenvalue weighted by molar-refractivity contribution is 7.93. The molecule has 7 nitrogen and oxygen atoms in total. The summed E-state index contributed by atoms with van der Waals surface area (Å²) in [5.41, 5.74) is 0.502. The Morgan fingerprint density at radius 1 is 1.22 bits per heavy atom. The maximum absolute atomic E-state index is 13.2. The molecule has 1 aromatic carbocycles. The Labute approximate surface area is 160 Å². The molecule has 1 aliphatic rings. The molecular weight excluding hydrogens is 397 g/mol. The minimum atomic E-state index is -3.63. The number of pyridine rings is 1. The fourth-order valence-corrected chi connectivity index (χ4v) is 4.18. The van der Waals surface area contributed by atoms with Gasteiger partial charge in [0.25, 0.3) is 5.91 Å². The number of sulfonamides is 1. The van der Waals surface area contributed by atoms with E-state index in [0.717, 1.165) is 6.07 Å². The lowest BCUT2D eigenvalue weighted by Crippen LogP contribution is -2.33. The van der Waals surface area contributed by atoms with Gasteiger partial charge in [-0.3, -0.25) is 9.52 Å². The molecular formula is C17H17ClFN3O4S. The van der Waals surface area contributed by atoms with Gasteiger partial charge in [-0.25, -0.2) is 17.8 Å². The summed E-state index contributed by atoms with van der Waals surface area (Å²) < 4.78 is 45.7. The molecule has 0 bridgehead atoms. The fourth-order valence-electron chi connectivity index (χ4n) is 2.62. The standard InChI is InChI=1S/C17H17ClFN3O4S/c18-14-10-12(1-2-15(14)19)21-17(23)11-3-6-20-16(9-11)22-27(24,25)13-4-7-26-8-5-13/h1-3,6,9-10,13H,4-5,7-8H2,(H,20,22)(H,21,23). The van der Waals surface area contributed by atoms with E-state index in [-0.39, 0.29) is 16.4 Å².